The maximum Gasteiger partial charge on any atom is 0.261 e. The lowest BCUT2D eigenvalue weighted by atomic mass is 10.2. The van der Waals surface area contributed by atoms with Crippen molar-refractivity contribution in [2.24, 2.45) is 0 Å². The molecule has 1 aliphatic heterocycles. The minimum atomic E-state index is -3.04. The highest BCUT2D eigenvalue weighted by Crippen LogP contribution is 2.15. The predicted octanol–water partition coefficient (Wildman–Crippen LogP) is 0.896. The van der Waals surface area contributed by atoms with Crippen LogP contribution in [0.5, 0.6) is 5.75 Å². The van der Waals surface area contributed by atoms with Crippen LogP contribution in [0.4, 0.5) is 4.39 Å². The van der Waals surface area contributed by atoms with Crippen LogP contribution in [0.3, 0.4) is 0 Å². The summed E-state index contributed by atoms with van der Waals surface area (Å²) in [5.41, 5.74) is 0. The SMILES string of the molecule is CC(Oc1cccc(F)c1)C(=O)NC1CCS(=O)(=O)C1. The third kappa shape index (κ3) is 3.93. The molecule has 1 N–H and O–H groups in total. The molecule has 2 atom stereocenters. The van der Waals surface area contributed by atoms with Gasteiger partial charge in [-0.3, -0.25) is 4.79 Å². The van der Waals surface area contributed by atoms with Gasteiger partial charge in [0, 0.05) is 12.1 Å². The second-order valence-electron chi connectivity index (χ2n) is 4.83. The first-order valence-electron chi connectivity index (χ1n) is 6.29. The molecule has 0 saturated carbocycles. The first kappa shape index (κ1) is 14.8. The summed E-state index contributed by atoms with van der Waals surface area (Å²) in [4.78, 5) is 11.9. The fourth-order valence-electron chi connectivity index (χ4n) is 2.03. The molecule has 0 spiro atoms. The first-order chi connectivity index (χ1) is 9.35. The van der Waals surface area contributed by atoms with E-state index in [0.29, 0.717) is 6.42 Å². The van der Waals surface area contributed by atoms with Crippen molar-refractivity contribution in [2.75, 3.05) is 11.5 Å². The molecular formula is C13H16FNO4S. The van der Waals surface area contributed by atoms with Gasteiger partial charge in [0.1, 0.15) is 11.6 Å². The molecule has 1 heterocycles. The molecule has 2 unspecified atom stereocenters. The molecule has 1 amide bonds. The minimum Gasteiger partial charge on any atom is -0.481 e. The zero-order valence-electron chi connectivity index (χ0n) is 11.0. The summed E-state index contributed by atoms with van der Waals surface area (Å²) in [6.45, 7) is 1.53. The number of hydrogen-bond acceptors (Lipinski definition) is 4. The highest BCUT2D eigenvalue weighted by molar-refractivity contribution is 7.91. The van der Waals surface area contributed by atoms with Crippen LogP contribution in [0.1, 0.15) is 13.3 Å². The molecule has 20 heavy (non-hydrogen) atoms. The number of carbonyl (C=O) groups is 1. The monoisotopic (exact) mass is 301 g/mol. The van der Waals surface area contributed by atoms with Crippen molar-refractivity contribution in [2.45, 2.75) is 25.5 Å². The number of benzene rings is 1. The average molecular weight is 301 g/mol. The van der Waals surface area contributed by atoms with Gasteiger partial charge in [-0.1, -0.05) is 6.07 Å². The van der Waals surface area contributed by atoms with Gasteiger partial charge in [0.2, 0.25) is 0 Å². The van der Waals surface area contributed by atoms with Crippen molar-refractivity contribution in [3.8, 4) is 5.75 Å². The fourth-order valence-corrected chi connectivity index (χ4v) is 3.70. The van der Waals surface area contributed by atoms with Crippen molar-refractivity contribution in [3.05, 3.63) is 30.1 Å². The summed E-state index contributed by atoms with van der Waals surface area (Å²) in [6, 6.07) is 5.13. The normalized spacial score (nSPS) is 22.2. The van der Waals surface area contributed by atoms with Gasteiger partial charge in [-0.05, 0) is 25.5 Å². The number of halogens is 1. The van der Waals surface area contributed by atoms with Crippen LogP contribution in [0.15, 0.2) is 24.3 Å². The van der Waals surface area contributed by atoms with Crippen molar-refractivity contribution in [1.29, 1.82) is 0 Å². The number of ether oxygens (including phenoxy) is 1. The molecule has 2 rings (SSSR count). The van der Waals surface area contributed by atoms with Crippen molar-refractivity contribution in [1.82, 2.24) is 5.32 Å². The zero-order valence-corrected chi connectivity index (χ0v) is 11.8. The highest BCUT2D eigenvalue weighted by Gasteiger charge is 2.30. The first-order valence-corrected chi connectivity index (χ1v) is 8.11. The van der Waals surface area contributed by atoms with E-state index in [2.05, 4.69) is 5.32 Å². The van der Waals surface area contributed by atoms with Gasteiger partial charge in [-0.15, -0.1) is 0 Å². The molecule has 5 nitrogen and oxygen atoms in total. The van der Waals surface area contributed by atoms with E-state index in [4.69, 9.17) is 4.74 Å². The molecule has 110 valence electrons. The Morgan fingerprint density at radius 2 is 2.25 bits per heavy atom. The molecule has 1 fully saturated rings. The van der Waals surface area contributed by atoms with Gasteiger partial charge in [0.25, 0.3) is 5.91 Å². The Kier molecular flexibility index (Phi) is 4.27. The van der Waals surface area contributed by atoms with Gasteiger partial charge in [0.15, 0.2) is 15.9 Å². The Morgan fingerprint density at radius 3 is 2.85 bits per heavy atom. The second kappa shape index (κ2) is 5.78. The summed E-state index contributed by atoms with van der Waals surface area (Å²) < 4.78 is 40.9. The van der Waals surface area contributed by atoms with E-state index in [1.54, 1.807) is 6.07 Å². The van der Waals surface area contributed by atoms with E-state index in [1.807, 2.05) is 0 Å². The molecule has 1 aromatic carbocycles. The van der Waals surface area contributed by atoms with Crippen LogP contribution in [0.2, 0.25) is 0 Å². The lowest BCUT2D eigenvalue weighted by molar-refractivity contribution is -0.127. The maximum absolute atomic E-state index is 13.0. The number of carbonyl (C=O) groups excluding carboxylic acids is 1. The quantitative estimate of drug-likeness (QED) is 0.896. The minimum absolute atomic E-state index is 0.0363. The standard InChI is InChI=1S/C13H16FNO4S/c1-9(19-12-4-2-3-10(14)7-12)13(16)15-11-5-6-20(17,18)8-11/h2-4,7,9,11H,5-6,8H2,1H3,(H,15,16). The van der Waals surface area contributed by atoms with Gasteiger partial charge in [-0.25, -0.2) is 12.8 Å². The molecule has 0 aromatic heterocycles. The summed E-state index contributed by atoms with van der Waals surface area (Å²) >= 11 is 0. The van der Waals surface area contributed by atoms with Gasteiger partial charge in [-0.2, -0.15) is 0 Å². The molecule has 0 bridgehead atoms. The Bertz CT molecular complexity index is 602. The molecule has 0 radical (unpaired) electrons. The van der Waals surface area contributed by atoms with Crippen molar-refractivity contribution in [3.63, 3.8) is 0 Å². The van der Waals surface area contributed by atoms with Crippen LogP contribution < -0.4 is 10.1 Å². The molecule has 7 heteroatoms. The van der Waals surface area contributed by atoms with Crippen LogP contribution in [-0.2, 0) is 14.6 Å². The maximum atomic E-state index is 13.0. The van der Waals surface area contributed by atoms with Gasteiger partial charge in [0.05, 0.1) is 11.5 Å². The van der Waals surface area contributed by atoms with E-state index in [0.717, 1.165) is 0 Å². The van der Waals surface area contributed by atoms with E-state index in [9.17, 15) is 17.6 Å². The molecule has 1 saturated heterocycles. The molecular weight excluding hydrogens is 285 g/mol. The zero-order chi connectivity index (χ0) is 14.8. The van der Waals surface area contributed by atoms with E-state index in [-0.39, 0.29) is 23.3 Å². The third-order valence-corrected chi connectivity index (χ3v) is 4.82. The number of nitrogens with one attached hydrogen (secondary N) is 1. The Hall–Kier alpha value is -1.63. The Morgan fingerprint density at radius 1 is 1.50 bits per heavy atom. The Labute approximate surface area is 117 Å². The summed E-state index contributed by atoms with van der Waals surface area (Å²) in [5, 5.41) is 2.63. The van der Waals surface area contributed by atoms with E-state index < -0.39 is 27.7 Å². The highest BCUT2D eigenvalue weighted by atomic mass is 32.2. The predicted molar refractivity (Wildman–Crippen MR) is 71.7 cm³/mol. The van der Waals surface area contributed by atoms with Gasteiger partial charge < -0.3 is 10.1 Å². The number of rotatable bonds is 4. The molecule has 0 aliphatic carbocycles. The number of sulfone groups is 1. The van der Waals surface area contributed by atoms with Crippen LogP contribution in [-0.4, -0.2) is 38.0 Å². The molecule has 1 aliphatic rings. The third-order valence-electron chi connectivity index (χ3n) is 3.06. The van der Waals surface area contributed by atoms with Gasteiger partial charge >= 0.3 is 0 Å². The average Bonchev–Trinajstić information content (AvgIpc) is 2.68. The summed E-state index contributed by atoms with van der Waals surface area (Å²) in [5.74, 6) is -0.539. The lowest BCUT2D eigenvalue weighted by Gasteiger charge is -2.17. The topological polar surface area (TPSA) is 72.5 Å². The molecule has 1 aromatic rings. The smallest absolute Gasteiger partial charge is 0.261 e. The van der Waals surface area contributed by atoms with Crippen molar-refractivity contribution >= 4 is 15.7 Å². The van der Waals surface area contributed by atoms with Crippen molar-refractivity contribution < 1.29 is 22.3 Å². The van der Waals surface area contributed by atoms with Crippen LogP contribution >= 0.6 is 0 Å². The van der Waals surface area contributed by atoms with E-state index >= 15 is 0 Å². The Balaban J connectivity index is 1.89. The fraction of sp³-hybridized carbons (Fsp3) is 0.462. The summed E-state index contributed by atoms with van der Waals surface area (Å²) in [6.07, 6.45) is -0.402. The second-order valence-corrected chi connectivity index (χ2v) is 7.05. The number of hydrogen-bond donors (Lipinski definition) is 1. The lowest BCUT2D eigenvalue weighted by Crippen LogP contribution is -2.43. The largest absolute Gasteiger partial charge is 0.481 e. The number of amides is 1. The van der Waals surface area contributed by atoms with Crippen LogP contribution in [0, 0.1) is 5.82 Å². The van der Waals surface area contributed by atoms with E-state index in [1.165, 1.54) is 25.1 Å². The summed E-state index contributed by atoms with van der Waals surface area (Å²) in [7, 11) is -3.04. The van der Waals surface area contributed by atoms with Crippen LogP contribution in [0.25, 0.3) is 0 Å².